The first-order valence-corrected chi connectivity index (χ1v) is 14.3. The van der Waals surface area contributed by atoms with E-state index in [0.717, 1.165) is 47.4 Å². The quantitative estimate of drug-likeness (QED) is 0.255. The van der Waals surface area contributed by atoms with E-state index in [9.17, 15) is 9.18 Å². The van der Waals surface area contributed by atoms with Crippen molar-refractivity contribution in [3.63, 3.8) is 0 Å². The third-order valence-corrected chi connectivity index (χ3v) is 8.06. The van der Waals surface area contributed by atoms with Gasteiger partial charge in [0.2, 0.25) is 0 Å². The van der Waals surface area contributed by atoms with E-state index in [1.54, 1.807) is 19.2 Å². The van der Waals surface area contributed by atoms with Crippen LogP contribution in [0, 0.1) is 17.7 Å². The average Bonchev–Trinajstić information content (AvgIpc) is 3.02. The number of methoxy groups -OCH3 is 2. The fourth-order valence-corrected chi connectivity index (χ4v) is 5.91. The van der Waals surface area contributed by atoms with Gasteiger partial charge >= 0.3 is 5.97 Å². The summed E-state index contributed by atoms with van der Waals surface area (Å²) >= 11 is 6.25. The second-order valence-electron chi connectivity index (χ2n) is 10.9. The van der Waals surface area contributed by atoms with Crippen molar-refractivity contribution in [1.82, 2.24) is 0 Å². The highest BCUT2D eigenvalue weighted by atomic mass is 35.5. The molecule has 1 aliphatic rings. The van der Waals surface area contributed by atoms with Gasteiger partial charge in [-0.05, 0) is 110 Å². The second-order valence-corrected chi connectivity index (χ2v) is 11.4. The van der Waals surface area contributed by atoms with Crippen LogP contribution in [0.1, 0.15) is 49.3 Å². The van der Waals surface area contributed by atoms with E-state index in [0.29, 0.717) is 43.4 Å². The molecule has 1 N–H and O–H groups in total. The van der Waals surface area contributed by atoms with Crippen LogP contribution in [0.15, 0.2) is 66.7 Å². The van der Waals surface area contributed by atoms with Crippen LogP contribution in [0.2, 0.25) is 5.02 Å². The lowest BCUT2D eigenvalue weighted by molar-refractivity contribution is -0.146. The number of halogens is 2. The Morgan fingerprint density at radius 1 is 1.07 bits per heavy atom. The first-order valence-electron chi connectivity index (χ1n) is 13.9. The molecule has 0 bridgehead atoms. The van der Waals surface area contributed by atoms with Crippen molar-refractivity contribution in [3.05, 3.63) is 94.3 Å². The molecule has 40 heavy (non-hydrogen) atoms. The number of benzene rings is 3. The van der Waals surface area contributed by atoms with Crippen LogP contribution in [0.5, 0.6) is 5.75 Å². The highest BCUT2D eigenvalue weighted by Gasteiger charge is 2.40. The summed E-state index contributed by atoms with van der Waals surface area (Å²) in [6.45, 7) is 3.36. The highest BCUT2D eigenvalue weighted by Crippen LogP contribution is 2.35. The molecule has 4 rings (SSSR count). The van der Waals surface area contributed by atoms with Crippen LogP contribution in [-0.4, -0.2) is 32.3 Å². The molecule has 1 unspecified atom stereocenters. The maximum absolute atomic E-state index is 14.3. The van der Waals surface area contributed by atoms with E-state index >= 15 is 0 Å². The van der Waals surface area contributed by atoms with Crippen LogP contribution in [0.3, 0.4) is 0 Å². The first kappa shape index (κ1) is 29.9. The maximum atomic E-state index is 14.3. The van der Waals surface area contributed by atoms with Crippen LogP contribution in [-0.2, 0) is 33.7 Å². The summed E-state index contributed by atoms with van der Waals surface area (Å²) in [6.07, 6.45) is 4.19. The van der Waals surface area contributed by atoms with Gasteiger partial charge in [0, 0.05) is 17.3 Å². The van der Waals surface area contributed by atoms with E-state index in [2.05, 4.69) is 12.2 Å². The number of carbonyl (C=O) groups is 1. The minimum Gasteiger partial charge on any atom is -0.497 e. The predicted octanol–water partition coefficient (Wildman–Crippen LogP) is 7.64. The molecule has 0 aliphatic heterocycles. The Bertz CT molecular complexity index is 1270. The number of fused-ring (bicyclic) bond motifs is 1. The molecule has 0 heterocycles. The SMILES string of the molecule is COC(=O)[C@@]1(Nc2cccc(Cl)c2)CCc2cc(F)ccc2CC(C[C@@H](C)COCc2ccc(OC)cc2)CC1. The number of carbonyl (C=O) groups excluding carboxylic acids is 1. The molecule has 1 aliphatic carbocycles. The number of hydrogen-bond donors (Lipinski definition) is 1. The summed E-state index contributed by atoms with van der Waals surface area (Å²) in [6, 6.07) is 20.3. The molecule has 0 radical (unpaired) electrons. The van der Waals surface area contributed by atoms with Gasteiger partial charge < -0.3 is 19.5 Å². The van der Waals surface area contributed by atoms with Gasteiger partial charge in [-0.1, -0.05) is 42.8 Å². The maximum Gasteiger partial charge on any atom is 0.331 e. The summed E-state index contributed by atoms with van der Waals surface area (Å²) in [5, 5.41) is 4.06. The molecule has 7 heteroatoms. The molecule has 0 fully saturated rings. The zero-order valence-corrected chi connectivity index (χ0v) is 24.3. The normalized spacial score (nSPS) is 19.9. The number of anilines is 1. The lowest BCUT2D eigenvalue weighted by atomic mass is 9.82. The lowest BCUT2D eigenvalue weighted by Crippen LogP contribution is -2.48. The van der Waals surface area contributed by atoms with Gasteiger partial charge in [-0.3, -0.25) is 0 Å². The van der Waals surface area contributed by atoms with Gasteiger partial charge in [0.25, 0.3) is 0 Å². The molecular weight excluding hydrogens is 529 g/mol. The molecule has 3 aromatic carbocycles. The predicted molar refractivity (Wildman–Crippen MR) is 157 cm³/mol. The van der Waals surface area contributed by atoms with E-state index in [1.165, 1.54) is 13.2 Å². The Hall–Kier alpha value is -3.09. The van der Waals surface area contributed by atoms with Gasteiger partial charge in [-0.25, -0.2) is 9.18 Å². The lowest BCUT2D eigenvalue weighted by Gasteiger charge is -2.34. The van der Waals surface area contributed by atoms with E-state index in [-0.39, 0.29) is 17.7 Å². The molecule has 0 saturated carbocycles. The van der Waals surface area contributed by atoms with Crippen molar-refractivity contribution in [2.45, 2.75) is 57.6 Å². The minimum absolute atomic E-state index is 0.263. The summed E-state index contributed by atoms with van der Waals surface area (Å²) in [7, 11) is 3.08. The molecule has 214 valence electrons. The third-order valence-electron chi connectivity index (χ3n) is 7.83. The summed E-state index contributed by atoms with van der Waals surface area (Å²) < 4.78 is 30.9. The average molecular weight is 568 g/mol. The van der Waals surface area contributed by atoms with E-state index in [4.69, 9.17) is 25.8 Å². The molecule has 0 spiro atoms. The molecule has 0 saturated heterocycles. The summed E-state index contributed by atoms with van der Waals surface area (Å²) in [5.41, 5.74) is 2.98. The zero-order valence-electron chi connectivity index (χ0n) is 23.6. The van der Waals surface area contributed by atoms with Crippen molar-refractivity contribution in [3.8, 4) is 5.75 Å². The van der Waals surface area contributed by atoms with Crippen LogP contribution in [0.25, 0.3) is 0 Å². The molecule has 3 aromatic rings. The van der Waals surface area contributed by atoms with Crippen molar-refractivity contribution < 1.29 is 23.4 Å². The minimum atomic E-state index is -0.959. The Morgan fingerprint density at radius 3 is 2.60 bits per heavy atom. The number of esters is 1. The first-order chi connectivity index (χ1) is 19.3. The molecule has 0 amide bonds. The largest absolute Gasteiger partial charge is 0.497 e. The van der Waals surface area contributed by atoms with E-state index in [1.807, 2.05) is 48.5 Å². The van der Waals surface area contributed by atoms with Crippen molar-refractivity contribution >= 4 is 23.3 Å². The third kappa shape index (κ3) is 7.98. The standard InChI is InChI=1S/C33H39ClFNO4/c1-23(21-40-22-24-7-11-31(38-2)12-8-24)17-25-13-15-33(32(37)39-3,36-30-6-4-5-28(34)20-30)16-14-27-19-29(35)10-9-26(27)18-25/h4-12,19-20,23,25,36H,13-18,21-22H2,1-3H3/t23-,25?,33+/m1/s1. The fraction of sp³-hybridized carbons (Fsp3) is 0.424. The molecule has 3 atom stereocenters. The monoisotopic (exact) mass is 567 g/mol. The van der Waals surface area contributed by atoms with Crippen molar-refractivity contribution in [2.24, 2.45) is 11.8 Å². The van der Waals surface area contributed by atoms with Gasteiger partial charge in [0.15, 0.2) is 0 Å². The Balaban J connectivity index is 1.51. The second kappa shape index (κ2) is 14.0. The zero-order chi connectivity index (χ0) is 28.5. The fourth-order valence-electron chi connectivity index (χ4n) is 5.72. The van der Waals surface area contributed by atoms with Crippen LogP contribution >= 0.6 is 11.6 Å². The Morgan fingerprint density at radius 2 is 1.88 bits per heavy atom. The number of ether oxygens (including phenoxy) is 3. The number of nitrogens with one attached hydrogen (secondary N) is 1. The summed E-state index contributed by atoms with van der Waals surface area (Å²) in [4.78, 5) is 13.4. The smallest absolute Gasteiger partial charge is 0.331 e. The van der Waals surface area contributed by atoms with Crippen LogP contribution in [0.4, 0.5) is 10.1 Å². The number of aryl methyl sites for hydroxylation is 1. The van der Waals surface area contributed by atoms with Gasteiger partial charge in [0.1, 0.15) is 17.1 Å². The van der Waals surface area contributed by atoms with Crippen LogP contribution < -0.4 is 10.1 Å². The summed E-state index contributed by atoms with van der Waals surface area (Å²) in [5.74, 6) is 0.835. The van der Waals surface area contributed by atoms with Gasteiger partial charge in [-0.2, -0.15) is 0 Å². The topological polar surface area (TPSA) is 56.8 Å². The van der Waals surface area contributed by atoms with Crippen molar-refractivity contribution in [2.75, 3.05) is 26.1 Å². The van der Waals surface area contributed by atoms with Gasteiger partial charge in [-0.15, -0.1) is 0 Å². The van der Waals surface area contributed by atoms with Crippen molar-refractivity contribution in [1.29, 1.82) is 0 Å². The molecule has 0 aromatic heterocycles. The molecular formula is C33H39ClFNO4. The number of hydrogen-bond acceptors (Lipinski definition) is 5. The van der Waals surface area contributed by atoms with E-state index < -0.39 is 5.54 Å². The van der Waals surface area contributed by atoms with Gasteiger partial charge in [0.05, 0.1) is 20.8 Å². The number of rotatable bonds is 10. The Kier molecular flexibility index (Phi) is 10.5. The Labute approximate surface area is 242 Å². The highest BCUT2D eigenvalue weighted by molar-refractivity contribution is 6.30. The molecule has 5 nitrogen and oxygen atoms in total.